The quantitative estimate of drug-likeness (QED) is 0.413. The predicted molar refractivity (Wildman–Crippen MR) is 125 cm³/mol. The summed E-state index contributed by atoms with van der Waals surface area (Å²) in [6, 6.07) is 15.3. The number of rotatable bonds is 8. The van der Waals surface area contributed by atoms with Crippen LogP contribution in [-0.4, -0.2) is 37.1 Å². The van der Waals surface area contributed by atoms with Crippen molar-refractivity contribution >= 4 is 29.0 Å². The Hall–Kier alpha value is -3.26. The maximum absolute atomic E-state index is 12.6. The number of nitrogens with zero attached hydrogens (tertiary/aromatic N) is 2. The number of benzene rings is 2. The number of ether oxygens (including phenoxy) is 1. The molecule has 2 aromatic carbocycles. The van der Waals surface area contributed by atoms with E-state index in [0.29, 0.717) is 27.9 Å². The number of amides is 1. The van der Waals surface area contributed by atoms with Crippen molar-refractivity contribution in [1.29, 1.82) is 0 Å². The van der Waals surface area contributed by atoms with Crippen molar-refractivity contribution in [3.05, 3.63) is 75.7 Å². The largest absolute Gasteiger partial charge is 0.497 e. The third kappa shape index (κ3) is 6.11. The molecule has 3 rings (SSSR count). The second-order valence-electron chi connectivity index (χ2n) is 7.24. The number of nitrogens with one attached hydrogen (secondary N) is 2. The van der Waals surface area contributed by atoms with Crippen molar-refractivity contribution in [1.82, 2.24) is 9.97 Å². The number of anilines is 2. The van der Waals surface area contributed by atoms with E-state index in [0.717, 1.165) is 17.0 Å². The van der Waals surface area contributed by atoms with Gasteiger partial charge in [0.25, 0.3) is 5.56 Å². The average molecular weight is 439 g/mol. The SMILES string of the molecule is COc1cccc(CSc2nc(C)c(CC(=O)Nc3ccc(N(C)C)cc3)c(=O)[nH]2)c1. The minimum Gasteiger partial charge on any atom is -0.497 e. The normalized spacial score (nSPS) is 10.6. The summed E-state index contributed by atoms with van der Waals surface area (Å²) in [5.74, 6) is 1.17. The summed E-state index contributed by atoms with van der Waals surface area (Å²) in [7, 11) is 5.53. The predicted octanol–water partition coefficient (Wildman–Crippen LogP) is 3.63. The molecule has 0 saturated carbocycles. The maximum Gasteiger partial charge on any atom is 0.255 e. The van der Waals surface area contributed by atoms with Gasteiger partial charge in [0, 0.05) is 42.5 Å². The molecule has 0 aliphatic rings. The van der Waals surface area contributed by atoms with E-state index in [4.69, 9.17) is 4.74 Å². The summed E-state index contributed by atoms with van der Waals surface area (Å²) in [4.78, 5) is 34.2. The van der Waals surface area contributed by atoms with Crippen molar-refractivity contribution in [3.63, 3.8) is 0 Å². The highest BCUT2D eigenvalue weighted by atomic mass is 32.2. The fourth-order valence-corrected chi connectivity index (χ4v) is 3.83. The third-order valence-electron chi connectivity index (χ3n) is 4.72. The number of aryl methyl sites for hydroxylation is 1. The molecule has 0 radical (unpaired) electrons. The molecule has 0 unspecified atom stereocenters. The molecule has 3 aromatic rings. The molecule has 31 heavy (non-hydrogen) atoms. The Morgan fingerprint density at radius 1 is 1.19 bits per heavy atom. The average Bonchev–Trinajstić information content (AvgIpc) is 2.75. The van der Waals surface area contributed by atoms with Gasteiger partial charge in [-0.3, -0.25) is 9.59 Å². The first-order valence-corrected chi connectivity index (χ1v) is 10.8. The first-order chi connectivity index (χ1) is 14.9. The van der Waals surface area contributed by atoms with E-state index in [2.05, 4.69) is 15.3 Å². The van der Waals surface area contributed by atoms with Gasteiger partial charge < -0.3 is 19.9 Å². The number of methoxy groups -OCH3 is 1. The van der Waals surface area contributed by atoms with Gasteiger partial charge in [0.1, 0.15) is 5.75 Å². The van der Waals surface area contributed by atoms with Gasteiger partial charge in [-0.15, -0.1) is 0 Å². The second-order valence-corrected chi connectivity index (χ2v) is 8.21. The first kappa shape index (κ1) is 22.4. The Morgan fingerprint density at radius 3 is 2.58 bits per heavy atom. The Labute approximate surface area is 185 Å². The summed E-state index contributed by atoms with van der Waals surface area (Å²) in [6.45, 7) is 1.75. The van der Waals surface area contributed by atoms with Gasteiger partial charge in [-0.2, -0.15) is 0 Å². The monoisotopic (exact) mass is 438 g/mol. The van der Waals surface area contributed by atoms with E-state index < -0.39 is 0 Å². The fraction of sp³-hybridized carbons (Fsp3) is 0.261. The molecule has 0 spiro atoms. The number of aromatic amines is 1. The first-order valence-electron chi connectivity index (χ1n) is 9.78. The van der Waals surface area contributed by atoms with Crippen LogP contribution in [0.5, 0.6) is 5.75 Å². The minimum absolute atomic E-state index is 0.0373. The Morgan fingerprint density at radius 2 is 1.94 bits per heavy atom. The Kier molecular flexibility index (Phi) is 7.36. The van der Waals surface area contributed by atoms with Gasteiger partial charge in [0.05, 0.1) is 13.5 Å². The van der Waals surface area contributed by atoms with E-state index in [1.165, 1.54) is 11.8 Å². The Balaban J connectivity index is 1.64. The number of hydrogen-bond acceptors (Lipinski definition) is 6. The lowest BCUT2D eigenvalue weighted by atomic mass is 10.1. The standard InChI is InChI=1S/C23H26N4O3S/c1-15-20(13-21(28)25-17-8-10-18(11-9-17)27(2)3)22(29)26-23(24-15)31-14-16-6-5-7-19(12-16)30-4/h5-12H,13-14H2,1-4H3,(H,25,28)(H,24,26,29). The van der Waals surface area contributed by atoms with Gasteiger partial charge in [-0.1, -0.05) is 23.9 Å². The molecule has 0 fully saturated rings. The van der Waals surface area contributed by atoms with E-state index in [9.17, 15) is 9.59 Å². The van der Waals surface area contributed by atoms with Crippen LogP contribution in [0.2, 0.25) is 0 Å². The zero-order valence-electron chi connectivity index (χ0n) is 18.1. The van der Waals surface area contributed by atoms with Gasteiger partial charge in [-0.25, -0.2) is 4.98 Å². The van der Waals surface area contributed by atoms with Crippen molar-refractivity contribution in [2.24, 2.45) is 0 Å². The highest BCUT2D eigenvalue weighted by Gasteiger charge is 2.13. The Bertz CT molecular complexity index is 1110. The number of aromatic nitrogens is 2. The molecular weight excluding hydrogens is 412 g/mol. The molecule has 1 amide bonds. The number of H-pyrrole nitrogens is 1. The molecule has 7 nitrogen and oxygen atoms in total. The van der Waals surface area contributed by atoms with Crippen molar-refractivity contribution in [2.75, 3.05) is 31.4 Å². The van der Waals surface area contributed by atoms with Crippen LogP contribution in [-0.2, 0) is 17.0 Å². The van der Waals surface area contributed by atoms with Crippen LogP contribution in [0.4, 0.5) is 11.4 Å². The molecule has 8 heteroatoms. The summed E-state index contributed by atoms with van der Waals surface area (Å²) in [6.07, 6.45) is -0.0373. The molecule has 0 bridgehead atoms. The van der Waals surface area contributed by atoms with E-state index >= 15 is 0 Å². The molecular formula is C23H26N4O3S. The minimum atomic E-state index is -0.293. The van der Waals surface area contributed by atoms with E-state index in [-0.39, 0.29) is 17.9 Å². The third-order valence-corrected chi connectivity index (χ3v) is 5.66. The maximum atomic E-state index is 12.6. The zero-order chi connectivity index (χ0) is 22.4. The van der Waals surface area contributed by atoms with Crippen molar-refractivity contribution < 1.29 is 9.53 Å². The molecule has 1 heterocycles. The van der Waals surface area contributed by atoms with E-state index in [1.54, 1.807) is 14.0 Å². The summed E-state index contributed by atoms with van der Waals surface area (Å²) >= 11 is 1.43. The van der Waals surface area contributed by atoms with Crippen LogP contribution in [0.15, 0.2) is 58.5 Å². The van der Waals surface area contributed by atoms with Gasteiger partial charge >= 0.3 is 0 Å². The van der Waals surface area contributed by atoms with Gasteiger partial charge in [0.2, 0.25) is 5.91 Å². The van der Waals surface area contributed by atoms with Crippen LogP contribution in [0.1, 0.15) is 16.8 Å². The molecule has 0 aliphatic heterocycles. The van der Waals surface area contributed by atoms with Crippen LogP contribution in [0.25, 0.3) is 0 Å². The topological polar surface area (TPSA) is 87.3 Å². The molecule has 1 aromatic heterocycles. The lowest BCUT2D eigenvalue weighted by Crippen LogP contribution is -2.23. The lowest BCUT2D eigenvalue weighted by Gasteiger charge is -2.13. The number of thioether (sulfide) groups is 1. The van der Waals surface area contributed by atoms with Crippen molar-refractivity contribution in [2.45, 2.75) is 24.3 Å². The highest BCUT2D eigenvalue weighted by Crippen LogP contribution is 2.22. The number of hydrogen-bond donors (Lipinski definition) is 2. The molecule has 0 saturated heterocycles. The van der Waals surface area contributed by atoms with Crippen LogP contribution in [0, 0.1) is 6.92 Å². The lowest BCUT2D eigenvalue weighted by molar-refractivity contribution is -0.115. The van der Waals surface area contributed by atoms with Crippen LogP contribution >= 0.6 is 11.8 Å². The van der Waals surface area contributed by atoms with Crippen molar-refractivity contribution in [3.8, 4) is 5.75 Å². The second kappa shape index (κ2) is 10.2. The molecule has 2 N–H and O–H groups in total. The highest BCUT2D eigenvalue weighted by molar-refractivity contribution is 7.98. The molecule has 0 aliphatic carbocycles. The number of carbonyl (C=O) groups excluding carboxylic acids is 1. The summed E-state index contributed by atoms with van der Waals surface area (Å²) in [5, 5.41) is 3.35. The smallest absolute Gasteiger partial charge is 0.255 e. The van der Waals surface area contributed by atoms with Crippen LogP contribution in [0.3, 0.4) is 0 Å². The van der Waals surface area contributed by atoms with Gasteiger partial charge in [-0.05, 0) is 48.9 Å². The fourth-order valence-electron chi connectivity index (χ4n) is 2.98. The zero-order valence-corrected chi connectivity index (χ0v) is 18.9. The van der Waals surface area contributed by atoms with Gasteiger partial charge in [0.15, 0.2) is 5.16 Å². The molecule has 0 atom stereocenters. The number of carbonyl (C=O) groups is 1. The summed E-state index contributed by atoms with van der Waals surface area (Å²) in [5.41, 5.74) is 3.41. The summed E-state index contributed by atoms with van der Waals surface area (Å²) < 4.78 is 5.23. The van der Waals surface area contributed by atoms with Crippen LogP contribution < -0.4 is 20.5 Å². The molecule has 162 valence electrons. The van der Waals surface area contributed by atoms with E-state index in [1.807, 2.05) is 67.5 Å².